The Kier molecular flexibility index (Phi) is 3.94. The minimum absolute atomic E-state index is 0.0273. The molecule has 0 saturated heterocycles. The molecule has 0 aliphatic rings. The first-order valence-electron chi connectivity index (χ1n) is 5.36. The molecule has 1 amide bonds. The summed E-state index contributed by atoms with van der Waals surface area (Å²) in [7, 11) is 0. The van der Waals surface area contributed by atoms with E-state index in [0.717, 1.165) is 3.57 Å². The number of rotatable bonds is 4. The van der Waals surface area contributed by atoms with E-state index >= 15 is 0 Å². The Bertz CT molecular complexity index is 548. The molecule has 0 aliphatic carbocycles. The largest absolute Gasteiger partial charge is 0.346 e. The third-order valence-electron chi connectivity index (χ3n) is 1.99. The van der Waals surface area contributed by atoms with Gasteiger partial charge in [0.15, 0.2) is 5.82 Å². The molecule has 0 spiro atoms. The van der Waals surface area contributed by atoms with Crippen molar-refractivity contribution >= 4 is 28.5 Å². The van der Waals surface area contributed by atoms with E-state index in [0.29, 0.717) is 12.4 Å². The third kappa shape index (κ3) is 3.28. The minimum Gasteiger partial charge on any atom is -0.346 e. The van der Waals surface area contributed by atoms with Crippen molar-refractivity contribution in [3.63, 3.8) is 0 Å². The van der Waals surface area contributed by atoms with Gasteiger partial charge in [0.25, 0.3) is 0 Å². The second kappa shape index (κ2) is 5.46. The summed E-state index contributed by atoms with van der Waals surface area (Å²) >= 11 is 2.16. The van der Waals surface area contributed by atoms with Crippen LogP contribution in [0.25, 0.3) is 0 Å². The fourth-order valence-electron chi connectivity index (χ4n) is 1.30. The van der Waals surface area contributed by atoms with Crippen LogP contribution in [0.4, 0.5) is 0 Å². The first-order chi connectivity index (χ1) is 8.54. The van der Waals surface area contributed by atoms with Gasteiger partial charge in [-0.3, -0.25) is 9.48 Å². The Morgan fingerprint density at radius 2 is 2.39 bits per heavy atom. The minimum atomic E-state index is -0.362. The molecule has 0 bridgehead atoms. The van der Waals surface area contributed by atoms with Crippen LogP contribution in [0.15, 0.2) is 16.9 Å². The highest BCUT2D eigenvalue weighted by Gasteiger charge is 2.15. The predicted molar refractivity (Wildman–Crippen MR) is 70.9 cm³/mol. The standard InChI is InChI=1S/C10H12IN5O2/c1-6(2)13-9(17)10-14-8(15-18-10)5-16-4-7(11)3-12-16/h3-4,6H,5H2,1-2H3,(H,13,17). The van der Waals surface area contributed by atoms with Crippen molar-refractivity contribution < 1.29 is 9.32 Å². The normalized spacial score (nSPS) is 10.9. The number of amides is 1. The number of aromatic nitrogens is 4. The van der Waals surface area contributed by atoms with Crippen molar-refractivity contribution in [3.8, 4) is 0 Å². The van der Waals surface area contributed by atoms with Crippen LogP contribution >= 0.6 is 22.6 Å². The molecule has 0 aromatic carbocycles. The Morgan fingerprint density at radius 3 is 3.00 bits per heavy atom. The number of carbonyl (C=O) groups is 1. The maximum absolute atomic E-state index is 11.6. The van der Waals surface area contributed by atoms with Gasteiger partial charge >= 0.3 is 11.8 Å². The van der Waals surface area contributed by atoms with Crippen LogP contribution in [-0.2, 0) is 6.54 Å². The van der Waals surface area contributed by atoms with Gasteiger partial charge in [-0.05, 0) is 36.4 Å². The highest BCUT2D eigenvalue weighted by Crippen LogP contribution is 2.04. The van der Waals surface area contributed by atoms with Gasteiger partial charge < -0.3 is 9.84 Å². The van der Waals surface area contributed by atoms with E-state index in [1.165, 1.54) is 0 Å². The van der Waals surface area contributed by atoms with Crippen LogP contribution in [0.3, 0.4) is 0 Å². The summed E-state index contributed by atoms with van der Waals surface area (Å²) in [4.78, 5) is 15.6. The maximum atomic E-state index is 11.6. The van der Waals surface area contributed by atoms with Crippen LogP contribution in [-0.4, -0.2) is 31.9 Å². The molecule has 0 unspecified atom stereocenters. The number of hydrogen-bond acceptors (Lipinski definition) is 5. The molecule has 1 N–H and O–H groups in total. The molecule has 2 aromatic heterocycles. The molecule has 8 heteroatoms. The van der Waals surface area contributed by atoms with Crippen molar-refractivity contribution in [3.05, 3.63) is 27.7 Å². The lowest BCUT2D eigenvalue weighted by atomic mass is 10.4. The van der Waals surface area contributed by atoms with E-state index < -0.39 is 0 Å². The van der Waals surface area contributed by atoms with Crippen molar-refractivity contribution in [2.24, 2.45) is 0 Å². The lowest BCUT2D eigenvalue weighted by Crippen LogP contribution is -2.30. The van der Waals surface area contributed by atoms with Gasteiger partial charge in [-0.1, -0.05) is 5.16 Å². The molecule has 2 heterocycles. The highest BCUT2D eigenvalue weighted by molar-refractivity contribution is 14.1. The fourth-order valence-corrected chi connectivity index (χ4v) is 1.75. The van der Waals surface area contributed by atoms with Gasteiger partial charge in [0, 0.05) is 12.2 Å². The number of carbonyl (C=O) groups excluding carboxylic acids is 1. The Balaban J connectivity index is 2.04. The molecule has 0 saturated carbocycles. The molecular weight excluding hydrogens is 349 g/mol. The molecule has 18 heavy (non-hydrogen) atoms. The SMILES string of the molecule is CC(C)NC(=O)c1nc(Cn2cc(I)cn2)no1. The summed E-state index contributed by atoms with van der Waals surface area (Å²) < 4.78 is 7.59. The lowest BCUT2D eigenvalue weighted by molar-refractivity contribution is 0.0899. The lowest BCUT2D eigenvalue weighted by Gasteiger charge is -2.03. The average Bonchev–Trinajstić information content (AvgIpc) is 2.87. The highest BCUT2D eigenvalue weighted by atomic mass is 127. The summed E-state index contributed by atoms with van der Waals surface area (Å²) in [5.41, 5.74) is 0. The second-order valence-corrected chi connectivity index (χ2v) is 5.25. The zero-order valence-corrected chi connectivity index (χ0v) is 12.1. The monoisotopic (exact) mass is 361 g/mol. The first-order valence-corrected chi connectivity index (χ1v) is 6.44. The van der Waals surface area contributed by atoms with Gasteiger partial charge in [0.05, 0.1) is 9.77 Å². The van der Waals surface area contributed by atoms with E-state index in [9.17, 15) is 4.79 Å². The summed E-state index contributed by atoms with van der Waals surface area (Å²) in [6, 6.07) is 0.0283. The van der Waals surface area contributed by atoms with Gasteiger partial charge in [-0.25, -0.2) is 0 Å². The molecular formula is C10H12IN5O2. The average molecular weight is 361 g/mol. The second-order valence-electron chi connectivity index (χ2n) is 4.00. The van der Waals surface area contributed by atoms with E-state index in [4.69, 9.17) is 4.52 Å². The summed E-state index contributed by atoms with van der Waals surface area (Å²) in [6.45, 7) is 4.10. The van der Waals surface area contributed by atoms with Crippen LogP contribution in [0.2, 0.25) is 0 Å². The van der Waals surface area contributed by atoms with Gasteiger partial charge in [0.2, 0.25) is 0 Å². The zero-order chi connectivity index (χ0) is 13.1. The van der Waals surface area contributed by atoms with E-state index in [2.05, 4.69) is 43.1 Å². The molecule has 0 atom stereocenters. The van der Waals surface area contributed by atoms with E-state index in [1.807, 2.05) is 20.0 Å². The molecule has 0 radical (unpaired) electrons. The summed E-state index contributed by atoms with van der Waals surface area (Å²) in [5.74, 6) is 0.0303. The van der Waals surface area contributed by atoms with Crippen molar-refractivity contribution in [1.82, 2.24) is 25.2 Å². The molecule has 2 aromatic rings. The summed E-state index contributed by atoms with van der Waals surface area (Å²) in [5, 5.41) is 10.5. The first kappa shape index (κ1) is 13.0. The van der Waals surface area contributed by atoms with Crippen molar-refractivity contribution in [2.75, 3.05) is 0 Å². The van der Waals surface area contributed by atoms with Crippen LogP contribution in [0.5, 0.6) is 0 Å². The molecule has 0 aliphatic heterocycles. The van der Waals surface area contributed by atoms with E-state index in [1.54, 1.807) is 10.9 Å². The van der Waals surface area contributed by atoms with Crippen LogP contribution in [0, 0.1) is 3.57 Å². The van der Waals surface area contributed by atoms with E-state index in [-0.39, 0.29) is 17.8 Å². The van der Waals surface area contributed by atoms with Crippen LogP contribution < -0.4 is 5.32 Å². The number of nitrogens with zero attached hydrogens (tertiary/aromatic N) is 4. The van der Waals surface area contributed by atoms with Gasteiger partial charge in [-0.2, -0.15) is 10.1 Å². The molecule has 96 valence electrons. The van der Waals surface area contributed by atoms with Crippen molar-refractivity contribution in [1.29, 1.82) is 0 Å². The maximum Gasteiger partial charge on any atom is 0.316 e. The fraction of sp³-hybridized carbons (Fsp3) is 0.400. The van der Waals surface area contributed by atoms with Gasteiger partial charge in [-0.15, -0.1) is 0 Å². The topological polar surface area (TPSA) is 85.8 Å². The van der Waals surface area contributed by atoms with Crippen molar-refractivity contribution in [2.45, 2.75) is 26.4 Å². The van der Waals surface area contributed by atoms with Gasteiger partial charge in [0.1, 0.15) is 6.54 Å². The predicted octanol–water partition coefficient (Wildman–Crippen LogP) is 1.06. The number of halogens is 1. The smallest absolute Gasteiger partial charge is 0.316 e. The molecule has 2 rings (SSSR count). The Labute approximate surface area is 117 Å². The quantitative estimate of drug-likeness (QED) is 0.823. The third-order valence-corrected chi connectivity index (χ3v) is 2.54. The Morgan fingerprint density at radius 1 is 1.61 bits per heavy atom. The number of nitrogens with one attached hydrogen (secondary N) is 1. The zero-order valence-electron chi connectivity index (χ0n) is 9.92. The molecule has 0 fully saturated rings. The number of hydrogen-bond donors (Lipinski definition) is 1. The molecule has 7 nitrogen and oxygen atoms in total. The van der Waals surface area contributed by atoms with Crippen LogP contribution in [0.1, 0.15) is 30.4 Å². The Hall–Kier alpha value is -1.45. The summed E-state index contributed by atoms with van der Waals surface area (Å²) in [6.07, 6.45) is 3.58.